The van der Waals surface area contributed by atoms with E-state index in [1.807, 2.05) is 0 Å². The monoisotopic (exact) mass is 724 g/mol. The van der Waals surface area contributed by atoms with Crippen LogP contribution in [-0.2, 0) is 17.4 Å². The molecule has 7 rings (SSSR count). The van der Waals surface area contributed by atoms with E-state index in [2.05, 4.69) is 159 Å². The summed E-state index contributed by atoms with van der Waals surface area (Å²) in [6, 6.07) is 38.6. The van der Waals surface area contributed by atoms with Gasteiger partial charge in [0.25, 0.3) is 0 Å². The molecular weight excluding hydrogens is 683 g/mol. The second-order valence-electron chi connectivity index (χ2n) is 14.5. The molecule has 5 aromatic carbocycles. The maximum absolute atomic E-state index is 3.68. The van der Waals surface area contributed by atoms with E-state index in [0.29, 0.717) is 13.2 Å². The van der Waals surface area contributed by atoms with Crippen LogP contribution in [-0.4, -0.2) is 6.88 Å². The summed E-state index contributed by atoms with van der Waals surface area (Å²) >= 11 is -3.68. The van der Waals surface area contributed by atoms with E-state index in [-0.39, 0.29) is 24.8 Å². The second kappa shape index (κ2) is 12.3. The fourth-order valence-corrected chi connectivity index (χ4v) is 29.3. The average molecular weight is 727 g/mol. The van der Waals surface area contributed by atoms with Gasteiger partial charge in [-0.25, -0.2) is 0 Å². The van der Waals surface area contributed by atoms with Crippen molar-refractivity contribution in [2.75, 3.05) is 0 Å². The molecule has 0 spiro atoms. The van der Waals surface area contributed by atoms with Crippen LogP contribution in [0.3, 0.4) is 0 Å². The summed E-state index contributed by atoms with van der Waals surface area (Å²) in [5.74, 6) is 0.501. The molecule has 0 nitrogen and oxygen atoms in total. The van der Waals surface area contributed by atoms with Crippen molar-refractivity contribution >= 4 is 54.6 Å². The van der Waals surface area contributed by atoms with Crippen LogP contribution in [0.1, 0.15) is 55.8 Å². The molecule has 0 saturated heterocycles. The molecule has 2 atom stereocenters. The first kappa shape index (κ1) is 33.9. The van der Waals surface area contributed by atoms with Crippen molar-refractivity contribution in [2.45, 2.75) is 44.2 Å². The second-order valence-corrected chi connectivity index (χ2v) is 45.0. The third kappa shape index (κ3) is 5.51. The van der Waals surface area contributed by atoms with E-state index < -0.39 is 17.4 Å². The Balaban J connectivity index is 0.00000200. The Bertz CT molecular complexity index is 2060. The molecule has 2 aliphatic rings. The summed E-state index contributed by atoms with van der Waals surface area (Å²) in [6.45, 7) is 12.1. The van der Waals surface area contributed by atoms with Gasteiger partial charge < -0.3 is 0 Å². The van der Waals surface area contributed by atoms with E-state index in [1.165, 1.54) is 49.7 Å². The van der Waals surface area contributed by atoms with Crippen molar-refractivity contribution in [3.05, 3.63) is 142 Å². The van der Waals surface area contributed by atoms with Gasteiger partial charge in [-0.2, -0.15) is 0 Å². The smallest absolute Gasteiger partial charge is 0.147 e. The number of allylic oxidation sites excluding steroid dienone is 2. The zero-order chi connectivity index (χ0) is 30.1. The van der Waals surface area contributed by atoms with E-state index in [0.717, 1.165) is 0 Å². The van der Waals surface area contributed by atoms with Crippen molar-refractivity contribution in [3.8, 4) is 22.3 Å². The van der Waals surface area contributed by atoms with E-state index in [4.69, 9.17) is 0 Å². The third-order valence-electron chi connectivity index (χ3n) is 10.4. The standard InChI is InChI=1S/C22H19.C17H15.2CH3.2ClH.H2Si.Zr/c1-15(2)20-13-18-8-5-9-21(22(18)14-20)19-11-10-16-6-3-4-7-17(16)12-19;1-12-10-16-13(2)8-9-15(17(16)11-12)14-6-4-3-5-7-14;;;;;;/h3-15H,1-2H3;3-11H,1-2H3;2*1H3;2*1H;1H2;. The van der Waals surface area contributed by atoms with Gasteiger partial charge in [-0.05, 0) is 0 Å². The summed E-state index contributed by atoms with van der Waals surface area (Å²) < 4.78 is 6.56. The Hall–Kier alpha value is -2.48. The van der Waals surface area contributed by atoms with Crippen molar-refractivity contribution in [2.24, 2.45) is 5.92 Å². The van der Waals surface area contributed by atoms with Gasteiger partial charge in [0.2, 0.25) is 0 Å². The van der Waals surface area contributed by atoms with Gasteiger partial charge in [0.1, 0.15) is 0 Å². The number of fused-ring (bicyclic) bond motifs is 3. The van der Waals surface area contributed by atoms with Crippen LogP contribution in [0.5, 0.6) is 0 Å². The molecular formula is C41H44Cl2SiZr. The van der Waals surface area contributed by atoms with Gasteiger partial charge in [-0.1, -0.05) is 0 Å². The molecule has 5 aromatic rings. The maximum Gasteiger partial charge on any atom is -0.147 e. The van der Waals surface area contributed by atoms with Crippen LogP contribution in [0.15, 0.2) is 114 Å². The fourth-order valence-electron chi connectivity index (χ4n) is 8.67. The van der Waals surface area contributed by atoms with Crippen LogP contribution >= 0.6 is 24.8 Å². The predicted molar refractivity (Wildman–Crippen MR) is 203 cm³/mol. The number of hydrogen-bond donors (Lipinski definition) is 0. The van der Waals surface area contributed by atoms with Gasteiger partial charge in [0, 0.05) is 0 Å². The molecule has 0 fully saturated rings. The minimum Gasteiger partial charge on any atom is -0.147 e. The largest absolute Gasteiger partial charge is 0.147 e. The molecule has 230 valence electrons. The Morgan fingerprint density at radius 2 is 1.29 bits per heavy atom. The van der Waals surface area contributed by atoms with Crippen molar-refractivity contribution in [1.29, 1.82) is 0 Å². The summed E-state index contributed by atoms with van der Waals surface area (Å²) in [6.07, 6.45) is 5.15. The van der Waals surface area contributed by atoms with E-state index in [1.54, 1.807) is 22.3 Å². The van der Waals surface area contributed by atoms with Crippen LogP contribution in [0.2, 0.25) is 9.26 Å². The molecule has 0 heterocycles. The molecule has 0 radical (unpaired) electrons. The Kier molecular flexibility index (Phi) is 9.24. The first-order valence-electron chi connectivity index (χ1n) is 15.8. The van der Waals surface area contributed by atoms with Crippen LogP contribution < -0.4 is 0 Å². The Morgan fingerprint density at radius 1 is 0.622 bits per heavy atom. The minimum atomic E-state index is -3.68. The summed E-state index contributed by atoms with van der Waals surface area (Å²) in [4.78, 5) is 0. The van der Waals surface area contributed by atoms with E-state index in [9.17, 15) is 0 Å². The number of rotatable bonds is 5. The zero-order valence-corrected chi connectivity index (χ0v) is 32.7. The summed E-state index contributed by atoms with van der Waals surface area (Å²) in [5, 5.41) is 2.61. The first-order valence-corrected chi connectivity index (χ1v) is 29.5. The first-order chi connectivity index (χ1) is 20.5. The van der Waals surface area contributed by atoms with Crippen LogP contribution in [0.4, 0.5) is 0 Å². The molecule has 4 heteroatoms. The van der Waals surface area contributed by atoms with Gasteiger partial charge >= 0.3 is 262 Å². The van der Waals surface area contributed by atoms with Crippen molar-refractivity contribution in [1.82, 2.24) is 0 Å². The average Bonchev–Trinajstić information content (AvgIpc) is 3.58. The minimum absolute atomic E-state index is 0. The third-order valence-corrected chi connectivity index (χ3v) is 28.0. The molecule has 0 bridgehead atoms. The number of benzene rings is 5. The topological polar surface area (TPSA) is 0 Å². The molecule has 0 saturated carbocycles. The van der Waals surface area contributed by atoms with Gasteiger partial charge in [0.05, 0.1) is 0 Å². The van der Waals surface area contributed by atoms with E-state index >= 15 is 0 Å². The summed E-state index contributed by atoms with van der Waals surface area (Å²) in [7, 11) is 0. The Morgan fingerprint density at radius 3 is 2.00 bits per heavy atom. The number of aryl methyl sites for hydroxylation is 1. The number of halogens is 2. The predicted octanol–water partition coefficient (Wildman–Crippen LogP) is 11.9. The molecule has 0 aromatic heterocycles. The van der Waals surface area contributed by atoms with Crippen molar-refractivity contribution in [3.63, 3.8) is 0 Å². The number of hydrogen-bond acceptors (Lipinski definition) is 0. The normalized spacial score (nSPS) is 17.2. The molecule has 45 heavy (non-hydrogen) atoms. The molecule has 2 aliphatic carbocycles. The zero-order valence-electron chi connectivity index (χ0n) is 27.2. The molecule has 2 unspecified atom stereocenters. The molecule has 0 N–H and O–H groups in total. The van der Waals surface area contributed by atoms with Gasteiger partial charge in [-0.3, -0.25) is 0 Å². The fraction of sp³-hybridized carbons (Fsp3) is 0.220. The molecule has 0 aliphatic heterocycles. The Labute approximate surface area is 284 Å². The summed E-state index contributed by atoms with van der Waals surface area (Å²) in [5.41, 5.74) is 16.1. The SMILES string of the molecule is CC1=Cc2c(-c3ccccc3)ccc(C)c2[CH]1[Zr]([CH3])([CH3])(=[SiH2])[CH]1C(C(C)C)=Cc2c(-c3ccc4ccccc4c3)cccc21.Cl.Cl. The van der Waals surface area contributed by atoms with Crippen molar-refractivity contribution < 1.29 is 17.4 Å². The maximum atomic E-state index is 2.77. The quantitative estimate of drug-likeness (QED) is 0.158. The van der Waals surface area contributed by atoms with Crippen LogP contribution in [0.25, 0.3) is 45.2 Å². The molecule has 0 amide bonds. The van der Waals surface area contributed by atoms with Gasteiger partial charge in [0.15, 0.2) is 0 Å². The van der Waals surface area contributed by atoms with Crippen LogP contribution in [0, 0.1) is 12.8 Å². The van der Waals surface area contributed by atoms with Gasteiger partial charge in [-0.15, -0.1) is 24.8 Å².